The van der Waals surface area contributed by atoms with Crippen molar-refractivity contribution in [3.63, 3.8) is 0 Å². The van der Waals surface area contributed by atoms with Crippen molar-refractivity contribution in [3.8, 4) is 5.88 Å². The van der Waals surface area contributed by atoms with Gasteiger partial charge in [-0.25, -0.2) is 0 Å². The van der Waals surface area contributed by atoms with E-state index in [0.717, 1.165) is 5.69 Å². The predicted octanol–water partition coefficient (Wildman–Crippen LogP) is 0.202. The number of hydrogen-bond donors (Lipinski definition) is 0. The summed E-state index contributed by atoms with van der Waals surface area (Å²) in [5.41, 5.74) is 1.35. The molecule has 0 unspecified atom stereocenters. The number of fused-ring (bicyclic) bond motifs is 1. The molecule has 60 valence electrons. The molecule has 0 saturated heterocycles. The van der Waals surface area contributed by atoms with Crippen LogP contribution in [0.1, 0.15) is 5.69 Å². The van der Waals surface area contributed by atoms with E-state index >= 15 is 0 Å². The lowest BCUT2D eigenvalue weighted by atomic mass is 10.4. The molecule has 0 aliphatic carbocycles. The molecule has 2 aromatic heterocycles. The summed E-state index contributed by atoms with van der Waals surface area (Å²) in [6.45, 7) is 1.81. The molecular weight excluding hydrogens is 152 g/mol. The molecule has 2 heterocycles. The van der Waals surface area contributed by atoms with E-state index in [1.165, 1.54) is 0 Å². The molecule has 0 atom stereocenters. The first-order valence-electron chi connectivity index (χ1n) is 3.72. The van der Waals surface area contributed by atoms with Gasteiger partial charge < -0.3 is 5.11 Å². The normalized spacial score (nSPS) is 10.4. The SMILES string of the molecule is Cc1c[n+]2ccccc2c([O-])n1. The Balaban J connectivity index is 2.89. The van der Waals surface area contributed by atoms with Crippen LogP contribution < -0.4 is 9.51 Å². The summed E-state index contributed by atoms with van der Waals surface area (Å²) in [7, 11) is 0. The lowest BCUT2D eigenvalue weighted by Crippen LogP contribution is -2.23. The Morgan fingerprint density at radius 1 is 1.42 bits per heavy atom. The summed E-state index contributed by atoms with van der Waals surface area (Å²) >= 11 is 0. The van der Waals surface area contributed by atoms with Crippen molar-refractivity contribution in [1.82, 2.24) is 4.98 Å². The van der Waals surface area contributed by atoms with E-state index in [9.17, 15) is 5.11 Å². The average Bonchev–Trinajstić information content (AvgIpc) is 2.04. The van der Waals surface area contributed by atoms with Crippen molar-refractivity contribution in [2.24, 2.45) is 0 Å². The van der Waals surface area contributed by atoms with Crippen molar-refractivity contribution in [2.45, 2.75) is 6.92 Å². The zero-order valence-electron chi connectivity index (χ0n) is 6.69. The van der Waals surface area contributed by atoms with Gasteiger partial charge in [-0.1, -0.05) is 0 Å². The smallest absolute Gasteiger partial charge is 0.221 e. The standard InChI is InChI=1S/C9H8N2O/c1-7-6-11-5-3-2-4-8(11)9(12)10-7/h2-6H,1H3. The van der Waals surface area contributed by atoms with Crippen molar-refractivity contribution < 1.29 is 9.51 Å². The van der Waals surface area contributed by atoms with Gasteiger partial charge in [0, 0.05) is 12.1 Å². The third-order valence-electron chi connectivity index (χ3n) is 1.71. The van der Waals surface area contributed by atoms with E-state index in [1.807, 2.05) is 24.5 Å². The lowest BCUT2D eigenvalue weighted by molar-refractivity contribution is -0.517. The number of aromatic nitrogens is 2. The van der Waals surface area contributed by atoms with E-state index in [-0.39, 0.29) is 5.88 Å². The summed E-state index contributed by atoms with van der Waals surface area (Å²) in [6, 6.07) is 5.47. The molecular formula is C9H8N2O. The maximum absolute atomic E-state index is 11.3. The van der Waals surface area contributed by atoms with E-state index in [4.69, 9.17) is 0 Å². The molecule has 0 aromatic carbocycles. The average molecular weight is 160 g/mol. The van der Waals surface area contributed by atoms with Gasteiger partial charge in [0.1, 0.15) is 5.69 Å². The van der Waals surface area contributed by atoms with Crippen LogP contribution in [0.15, 0.2) is 30.6 Å². The third kappa shape index (κ3) is 0.993. The van der Waals surface area contributed by atoms with Crippen LogP contribution in [-0.4, -0.2) is 4.98 Å². The molecule has 0 saturated carbocycles. The molecule has 0 N–H and O–H groups in total. The van der Waals surface area contributed by atoms with Crippen molar-refractivity contribution in [3.05, 3.63) is 36.3 Å². The minimum atomic E-state index is -0.171. The molecule has 0 spiro atoms. The zero-order chi connectivity index (χ0) is 8.55. The fourth-order valence-corrected chi connectivity index (χ4v) is 1.20. The molecule has 3 heteroatoms. The van der Waals surface area contributed by atoms with Crippen molar-refractivity contribution in [2.75, 3.05) is 0 Å². The third-order valence-corrected chi connectivity index (χ3v) is 1.71. The predicted molar refractivity (Wildman–Crippen MR) is 41.6 cm³/mol. The van der Waals surface area contributed by atoms with E-state index in [1.54, 1.807) is 17.4 Å². The summed E-state index contributed by atoms with van der Waals surface area (Å²) in [6.07, 6.45) is 3.67. The Labute approximate surface area is 69.9 Å². The number of hydrogen-bond acceptors (Lipinski definition) is 2. The molecule has 0 aliphatic rings. The fourth-order valence-electron chi connectivity index (χ4n) is 1.20. The minimum Gasteiger partial charge on any atom is -0.854 e. The summed E-state index contributed by atoms with van der Waals surface area (Å²) in [4.78, 5) is 3.83. The first-order valence-corrected chi connectivity index (χ1v) is 3.72. The first-order chi connectivity index (χ1) is 5.77. The largest absolute Gasteiger partial charge is 0.854 e. The number of rotatable bonds is 0. The molecule has 2 aromatic rings. The van der Waals surface area contributed by atoms with Crippen LogP contribution in [0.5, 0.6) is 5.88 Å². The fraction of sp³-hybridized carbons (Fsp3) is 0.111. The quantitative estimate of drug-likeness (QED) is 0.516. The van der Waals surface area contributed by atoms with Crippen LogP contribution in [0.4, 0.5) is 0 Å². The van der Waals surface area contributed by atoms with Crippen LogP contribution in [-0.2, 0) is 0 Å². The maximum atomic E-state index is 11.3. The highest BCUT2D eigenvalue weighted by atomic mass is 16.3. The van der Waals surface area contributed by atoms with Crippen LogP contribution in [0, 0.1) is 6.92 Å². The second-order valence-corrected chi connectivity index (χ2v) is 2.68. The van der Waals surface area contributed by atoms with Crippen molar-refractivity contribution in [1.29, 1.82) is 0 Å². The Hall–Kier alpha value is -1.64. The lowest BCUT2D eigenvalue weighted by Gasteiger charge is -2.03. The Morgan fingerprint density at radius 2 is 2.25 bits per heavy atom. The topological polar surface area (TPSA) is 40.0 Å². The van der Waals surface area contributed by atoms with E-state index < -0.39 is 0 Å². The molecule has 2 rings (SSSR count). The summed E-state index contributed by atoms with van der Waals surface area (Å²) < 4.78 is 1.78. The monoisotopic (exact) mass is 160 g/mol. The highest BCUT2D eigenvalue weighted by Crippen LogP contribution is 2.06. The molecule has 0 radical (unpaired) electrons. The number of aryl methyl sites for hydroxylation is 1. The van der Waals surface area contributed by atoms with Gasteiger partial charge in [-0.05, 0) is 13.0 Å². The van der Waals surface area contributed by atoms with Gasteiger partial charge in [0.25, 0.3) is 0 Å². The molecule has 0 bridgehead atoms. The van der Waals surface area contributed by atoms with Gasteiger partial charge in [0.05, 0.1) is 5.88 Å². The highest BCUT2D eigenvalue weighted by molar-refractivity contribution is 5.47. The van der Waals surface area contributed by atoms with Gasteiger partial charge in [-0.3, -0.25) is 4.98 Å². The van der Waals surface area contributed by atoms with Crippen LogP contribution >= 0.6 is 0 Å². The van der Waals surface area contributed by atoms with Crippen molar-refractivity contribution >= 4 is 5.52 Å². The van der Waals surface area contributed by atoms with E-state index in [2.05, 4.69) is 4.98 Å². The molecule has 0 fully saturated rings. The Bertz CT molecular complexity index is 426. The minimum absolute atomic E-state index is 0.171. The number of pyridine rings is 1. The first kappa shape index (κ1) is 7.03. The highest BCUT2D eigenvalue weighted by Gasteiger charge is 2.02. The van der Waals surface area contributed by atoms with Crippen LogP contribution in [0.25, 0.3) is 5.52 Å². The molecule has 0 aliphatic heterocycles. The van der Waals surface area contributed by atoms with Gasteiger partial charge in [-0.2, -0.15) is 4.40 Å². The molecule has 0 amide bonds. The van der Waals surface area contributed by atoms with Crippen LogP contribution in [0.2, 0.25) is 0 Å². The van der Waals surface area contributed by atoms with Gasteiger partial charge >= 0.3 is 0 Å². The van der Waals surface area contributed by atoms with E-state index in [0.29, 0.717) is 5.52 Å². The van der Waals surface area contributed by atoms with Gasteiger partial charge in [0.15, 0.2) is 12.4 Å². The summed E-state index contributed by atoms with van der Waals surface area (Å²) in [5, 5.41) is 11.3. The molecule has 12 heavy (non-hydrogen) atoms. The van der Waals surface area contributed by atoms with Gasteiger partial charge in [-0.15, -0.1) is 0 Å². The van der Waals surface area contributed by atoms with Crippen LogP contribution in [0.3, 0.4) is 0 Å². The summed E-state index contributed by atoms with van der Waals surface area (Å²) in [5.74, 6) is -0.171. The second kappa shape index (κ2) is 2.44. The Kier molecular flexibility index (Phi) is 1.43. The van der Waals surface area contributed by atoms with Gasteiger partial charge in [0.2, 0.25) is 5.52 Å². The number of nitrogens with zero attached hydrogens (tertiary/aromatic N) is 2. The second-order valence-electron chi connectivity index (χ2n) is 2.68. The Morgan fingerprint density at radius 3 is 3.08 bits per heavy atom. The maximum Gasteiger partial charge on any atom is 0.221 e. The zero-order valence-corrected chi connectivity index (χ0v) is 6.69. The molecule has 3 nitrogen and oxygen atoms in total.